The molecular weight excluding hydrogens is 328 g/mol. The second kappa shape index (κ2) is 10.4. The molecule has 0 N–H and O–H groups in total. The maximum Gasteiger partial charge on any atom is 0.306 e. The lowest BCUT2D eigenvalue weighted by Gasteiger charge is -2.27. The topological polar surface area (TPSA) is 52.6 Å². The van der Waals surface area contributed by atoms with Crippen molar-refractivity contribution in [3.05, 3.63) is 71.8 Å². The van der Waals surface area contributed by atoms with Crippen molar-refractivity contribution in [2.45, 2.75) is 38.5 Å². The number of rotatable bonds is 9. The fourth-order valence-corrected chi connectivity index (χ4v) is 3.18. The van der Waals surface area contributed by atoms with E-state index < -0.39 is 0 Å². The van der Waals surface area contributed by atoms with Gasteiger partial charge in [-0.2, -0.15) is 0 Å². The third-order valence-electron chi connectivity index (χ3n) is 4.32. The zero-order valence-corrected chi connectivity index (χ0v) is 15.4. The Labute approximate surface area is 155 Å². The van der Waals surface area contributed by atoms with E-state index in [1.54, 1.807) is 13.8 Å². The van der Waals surface area contributed by atoms with Gasteiger partial charge in [0, 0.05) is 11.8 Å². The normalized spacial score (nSPS) is 12.8. The van der Waals surface area contributed by atoms with Crippen LogP contribution >= 0.6 is 0 Å². The first kappa shape index (κ1) is 19.7. The Bertz CT molecular complexity index is 620. The van der Waals surface area contributed by atoms with E-state index >= 15 is 0 Å². The quantitative estimate of drug-likeness (QED) is 0.624. The minimum atomic E-state index is -0.258. The molecule has 2 aromatic carbocycles. The van der Waals surface area contributed by atoms with Gasteiger partial charge in [-0.05, 0) is 25.0 Å². The fraction of sp³-hybridized carbons (Fsp3) is 0.364. The molecule has 0 amide bonds. The fourth-order valence-electron chi connectivity index (χ4n) is 3.18. The number of carbonyl (C=O) groups is 2. The van der Waals surface area contributed by atoms with Crippen LogP contribution in [0.15, 0.2) is 60.7 Å². The molecule has 4 heteroatoms. The van der Waals surface area contributed by atoms with Crippen molar-refractivity contribution >= 4 is 11.9 Å². The molecule has 0 aliphatic carbocycles. The zero-order chi connectivity index (χ0) is 18.8. The van der Waals surface area contributed by atoms with Crippen LogP contribution in [0.1, 0.15) is 49.7 Å². The first-order valence-electron chi connectivity index (χ1n) is 9.06. The average Bonchev–Trinajstić information content (AvgIpc) is 2.66. The van der Waals surface area contributed by atoms with Crippen molar-refractivity contribution in [3.8, 4) is 0 Å². The van der Waals surface area contributed by atoms with Crippen molar-refractivity contribution in [2.75, 3.05) is 13.2 Å². The van der Waals surface area contributed by atoms with Crippen LogP contribution < -0.4 is 0 Å². The number of benzene rings is 2. The van der Waals surface area contributed by atoms with Crippen LogP contribution in [0.2, 0.25) is 0 Å². The molecule has 0 aliphatic rings. The highest BCUT2D eigenvalue weighted by atomic mass is 16.5. The van der Waals surface area contributed by atoms with Crippen LogP contribution in [0.4, 0.5) is 0 Å². The van der Waals surface area contributed by atoms with Gasteiger partial charge in [0.1, 0.15) is 0 Å². The Kier molecular flexibility index (Phi) is 7.87. The molecule has 0 aromatic heterocycles. The van der Waals surface area contributed by atoms with E-state index in [1.807, 2.05) is 60.7 Å². The lowest BCUT2D eigenvalue weighted by molar-refractivity contribution is -0.146. The second-order valence-electron chi connectivity index (χ2n) is 6.05. The third-order valence-corrected chi connectivity index (χ3v) is 4.32. The van der Waals surface area contributed by atoms with Crippen molar-refractivity contribution in [3.63, 3.8) is 0 Å². The average molecular weight is 354 g/mol. The van der Waals surface area contributed by atoms with Gasteiger partial charge in [0.2, 0.25) is 0 Å². The van der Waals surface area contributed by atoms with Crippen LogP contribution in [0.3, 0.4) is 0 Å². The van der Waals surface area contributed by atoms with E-state index in [2.05, 4.69) is 0 Å². The van der Waals surface area contributed by atoms with E-state index in [0.29, 0.717) is 13.2 Å². The van der Waals surface area contributed by atoms with E-state index in [4.69, 9.17) is 9.47 Å². The molecule has 0 fully saturated rings. The van der Waals surface area contributed by atoms with Gasteiger partial charge in [0.15, 0.2) is 0 Å². The number of hydrogen-bond donors (Lipinski definition) is 0. The second-order valence-corrected chi connectivity index (χ2v) is 6.05. The van der Waals surface area contributed by atoms with Gasteiger partial charge in [-0.1, -0.05) is 60.7 Å². The monoisotopic (exact) mass is 354 g/mol. The number of ether oxygens (including phenoxy) is 2. The van der Waals surface area contributed by atoms with Gasteiger partial charge in [0.05, 0.1) is 26.1 Å². The smallest absolute Gasteiger partial charge is 0.306 e. The summed E-state index contributed by atoms with van der Waals surface area (Å²) in [6, 6.07) is 19.6. The number of esters is 2. The van der Waals surface area contributed by atoms with Gasteiger partial charge in [-0.3, -0.25) is 9.59 Å². The summed E-state index contributed by atoms with van der Waals surface area (Å²) < 4.78 is 10.4. The summed E-state index contributed by atoms with van der Waals surface area (Å²) in [6.07, 6.45) is 0.438. The summed E-state index contributed by atoms with van der Waals surface area (Å²) in [7, 11) is 0. The minimum absolute atomic E-state index is 0.165. The Balaban J connectivity index is 2.39. The maximum atomic E-state index is 12.2. The van der Waals surface area contributed by atoms with Gasteiger partial charge in [0.25, 0.3) is 0 Å². The van der Waals surface area contributed by atoms with Crippen LogP contribution in [-0.4, -0.2) is 25.2 Å². The molecule has 2 rings (SSSR count). The van der Waals surface area contributed by atoms with Gasteiger partial charge in [-0.25, -0.2) is 0 Å². The van der Waals surface area contributed by atoms with Crippen molar-refractivity contribution in [1.82, 2.24) is 0 Å². The Morgan fingerprint density at radius 1 is 0.692 bits per heavy atom. The highest BCUT2D eigenvalue weighted by Gasteiger charge is 2.30. The molecule has 0 saturated heterocycles. The van der Waals surface area contributed by atoms with Crippen molar-refractivity contribution < 1.29 is 19.1 Å². The molecule has 0 aliphatic heterocycles. The van der Waals surface area contributed by atoms with Gasteiger partial charge < -0.3 is 9.47 Å². The lowest BCUT2D eigenvalue weighted by Crippen LogP contribution is -2.21. The molecule has 138 valence electrons. The molecule has 0 unspecified atom stereocenters. The zero-order valence-electron chi connectivity index (χ0n) is 15.4. The summed E-state index contributed by atoms with van der Waals surface area (Å²) in [4.78, 5) is 24.5. The highest BCUT2D eigenvalue weighted by molar-refractivity contribution is 5.73. The summed E-state index contributed by atoms with van der Waals surface area (Å²) in [6.45, 7) is 4.27. The molecule has 0 spiro atoms. The first-order valence-corrected chi connectivity index (χ1v) is 9.06. The minimum Gasteiger partial charge on any atom is -0.466 e. The Hall–Kier alpha value is -2.62. The highest BCUT2D eigenvalue weighted by Crippen LogP contribution is 2.38. The molecule has 4 nitrogen and oxygen atoms in total. The summed E-state index contributed by atoms with van der Waals surface area (Å²) in [5.41, 5.74) is 2.03. The predicted octanol–water partition coefficient (Wildman–Crippen LogP) is 4.46. The molecule has 2 atom stereocenters. The van der Waals surface area contributed by atoms with E-state index in [9.17, 15) is 9.59 Å². The summed E-state index contributed by atoms with van der Waals surface area (Å²) >= 11 is 0. The van der Waals surface area contributed by atoms with Crippen molar-refractivity contribution in [1.29, 1.82) is 0 Å². The number of hydrogen-bond acceptors (Lipinski definition) is 4. The van der Waals surface area contributed by atoms with E-state index in [0.717, 1.165) is 11.1 Å². The molecule has 26 heavy (non-hydrogen) atoms. The van der Waals surface area contributed by atoms with Gasteiger partial charge in [-0.15, -0.1) is 0 Å². The van der Waals surface area contributed by atoms with E-state index in [1.165, 1.54) is 0 Å². The van der Waals surface area contributed by atoms with E-state index in [-0.39, 0.29) is 36.6 Å². The summed E-state index contributed by atoms with van der Waals surface area (Å²) in [5.74, 6) is -0.846. The largest absolute Gasteiger partial charge is 0.466 e. The molecular formula is C22H26O4. The third kappa shape index (κ3) is 5.73. The van der Waals surface area contributed by atoms with Crippen LogP contribution in [0.25, 0.3) is 0 Å². The van der Waals surface area contributed by atoms with Crippen molar-refractivity contribution in [2.24, 2.45) is 0 Å². The lowest BCUT2D eigenvalue weighted by atomic mass is 9.77. The number of carbonyl (C=O) groups excluding carboxylic acids is 2. The SMILES string of the molecule is CCOC(=O)C[C@@H](c1ccccc1)[C@@H](CC(=O)OCC)c1ccccc1. The molecule has 0 bridgehead atoms. The standard InChI is InChI=1S/C22H26O4/c1-3-25-21(23)15-19(17-11-7-5-8-12-17)20(16-22(24)26-4-2)18-13-9-6-10-14-18/h5-14,19-20H,3-4,15-16H2,1-2H3/t19-,20-/m0/s1. The molecule has 2 aromatic rings. The molecule has 0 heterocycles. The predicted molar refractivity (Wildman–Crippen MR) is 101 cm³/mol. The van der Waals surface area contributed by atoms with Crippen LogP contribution in [0, 0.1) is 0 Å². The Morgan fingerprint density at radius 2 is 1.04 bits per heavy atom. The maximum absolute atomic E-state index is 12.2. The van der Waals surface area contributed by atoms with Gasteiger partial charge >= 0.3 is 11.9 Å². The Morgan fingerprint density at radius 3 is 1.35 bits per heavy atom. The van der Waals surface area contributed by atoms with Crippen LogP contribution in [0.5, 0.6) is 0 Å². The van der Waals surface area contributed by atoms with Crippen LogP contribution in [-0.2, 0) is 19.1 Å². The molecule has 0 saturated carbocycles. The molecule has 0 radical (unpaired) electrons. The first-order chi connectivity index (χ1) is 12.7. The summed E-state index contributed by atoms with van der Waals surface area (Å²) in [5, 5.41) is 0.